The Kier molecular flexibility index (Phi) is 7.51. The maximum atomic E-state index is 11.9. The predicted molar refractivity (Wildman–Crippen MR) is 83.6 cm³/mol. The summed E-state index contributed by atoms with van der Waals surface area (Å²) in [6.45, 7) is 4.89. The van der Waals surface area contributed by atoms with Crippen molar-refractivity contribution >= 4 is 11.9 Å². The lowest BCUT2D eigenvalue weighted by molar-refractivity contribution is -0.137. The Bertz CT molecular complexity index is 452. The number of carbonyl (C=O) groups is 2. The van der Waals surface area contributed by atoms with Gasteiger partial charge in [0.15, 0.2) is 0 Å². The lowest BCUT2D eigenvalue weighted by Crippen LogP contribution is -2.24. The van der Waals surface area contributed by atoms with Gasteiger partial charge in [0.2, 0.25) is 0 Å². The van der Waals surface area contributed by atoms with Crippen molar-refractivity contribution in [2.45, 2.75) is 51.9 Å². The summed E-state index contributed by atoms with van der Waals surface area (Å²) < 4.78 is 0. The highest BCUT2D eigenvalue weighted by atomic mass is 16.4. The van der Waals surface area contributed by atoms with Crippen molar-refractivity contribution in [1.29, 1.82) is 0 Å². The number of amides is 1. The molecule has 0 saturated heterocycles. The number of carboxylic acid groups (broad SMARTS) is 1. The highest BCUT2D eigenvalue weighted by Crippen LogP contribution is 2.14. The Morgan fingerprint density at radius 1 is 1.05 bits per heavy atom. The zero-order valence-corrected chi connectivity index (χ0v) is 12.9. The zero-order chi connectivity index (χ0) is 15.7. The fourth-order valence-electron chi connectivity index (χ4n) is 2.08. The van der Waals surface area contributed by atoms with Crippen LogP contribution in [0.3, 0.4) is 0 Å². The highest BCUT2D eigenvalue weighted by molar-refractivity contribution is 5.94. The van der Waals surface area contributed by atoms with E-state index in [0.717, 1.165) is 19.3 Å². The molecule has 0 aromatic heterocycles. The van der Waals surface area contributed by atoms with Gasteiger partial charge in [-0.3, -0.25) is 9.59 Å². The van der Waals surface area contributed by atoms with Crippen LogP contribution in [0.1, 0.15) is 67.8 Å². The Morgan fingerprint density at radius 3 is 2.24 bits per heavy atom. The standard InChI is InChI=1S/C17H25NO3/c1-13(2)14-8-10-15(11-9-14)17(21)18-12-6-4-3-5-7-16(19)20/h8-11,13H,3-7,12H2,1-2H3,(H,18,21)(H,19,20). The summed E-state index contributed by atoms with van der Waals surface area (Å²) >= 11 is 0. The predicted octanol–water partition coefficient (Wildman–Crippen LogP) is 3.57. The van der Waals surface area contributed by atoms with Crippen LogP contribution in [-0.2, 0) is 4.79 Å². The average Bonchev–Trinajstić information content (AvgIpc) is 2.45. The summed E-state index contributed by atoms with van der Waals surface area (Å²) in [5, 5.41) is 11.4. The quantitative estimate of drug-likeness (QED) is 0.683. The SMILES string of the molecule is CC(C)c1ccc(C(=O)NCCCCCCC(=O)O)cc1. The van der Waals surface area contributed by atoms with Gasteiger partial charge in [0.25, 0.3) is 5.91 Å². The van der Waals surface area contributed by atoms with Crippen molar-refractivity contribution in [2.24, 2.45) is 0 Å². The molecule has 4 nitrogen and oxygen atoms in total. The minimum Gasteiger partial charge on any atom is -0.481 e. The minimum absolute atomic E-state index is 0.0455. The van der Waals surface area contributed by atoms with E-state index in [0.29, 0.717) is 24.4 Å². The maximum absolute atomic E-state index is 11.9. The summed E-state index contributed by atoms with van der Waals surface area (Å²) in [6.07, 6.45) is 3.66. The maximum Gasteiger partial charge on any atom is 0.303 e. The molecule has 0 unspecified atom stereocenters. The molecular weight excluding hydrogens is 266 g/mol. The van der Waals surface area contributed by atoms with Gasteiger partial charge in [0, 0.05) is 18.5 Å². The number of benzene rings is 1. The van der Waals surface area contributed by atoms with Crippen LogP contribution in [-0.4, -0.2) is 23.5 Å². The monoisotopic (exact) mass is 291 g/mol. The third-order valence-electron chi connectivity index (χ3n) is 3.44. The highest BCUT2D eigenvalue weighted by Gasteiger charge is 2.05. The third kappa shape index (κ3) is 6.93. The molecule has 21 heavy (non-hydrogen) atoms. The number of nitrogens with one attached hydrogen (secondary N) is 1. The summed E-state index contributed by atoms with van der Waals surface area (Å²) in [4.78, 5) is 22.3. The van der Waals surface area contributed by atoms with E-state index in [1.807, 2.05) is 24.3 Å². The van der Waals surface area contributed by atoms with Gasteiger partial charge >= 0.3 is 5.97 Å². The number of hydrogen-bond donors (Lipinski definition) is 2. The van der Waals surface area contributed by atoms with E-state index in [1.54, 1.807) is 0 Å². The second-order valence-corrected chi connectivity index (χ2v) is 5.59. The Hall–Kier alpha value is -1.84. The summed E-state index contributed by atoms with van der Waals surface area (Å²) in [7, 11) is 0. The lowest BCUT2D eigenvalue weighted by atomic mass is 10.0. The molecule has 0 saturated carbocycles. The smallest absolute Gasteiger partial charge is 0.303 e. The summed E-state index contributed by atoms with van der Waals surface area (Å²) in [5.41, 5.74) is 1.91. The molecule has 0 spiro atoms. The van der Waals surface area contributed by atoms with Crippen LogP contribution in [0, 0.1) is 0 Å². The van der Waals surface area contributed by atoms with Crippen molar-refractivity contribution in [3.05, 3.63) is 35.4 Å². The van der Waals surface area contributed by atoms with Crippen molar-refractivity contribution in [3.63, 3.8) is 0 Å². The molecule has 4 heteroatoms. The first kappa shape index (κ1) is 17.2. The first-order valence-corrected chi connectivity index (χ1v) is 7.60. The number of unbranched alkanes of at least 4 members (excludes halogenated alkanes) is 3. The Morgan fingerprint density at radius 2 is 1.67 bits per heavy atom. The van der Waals surface area contributed by atoms with Crippen LogP contribution >= 0.6 is 0 Å². The van der Waals surface area contributed by atoms with Gasteiger partial charge in [0.1, 0.15) is 0 Å². The third-order valence-corrected chi connectivity index (χ3v) is 3.44. The fraction of sp³-hybridized carbons (Fsp3) is 0.529. The number of rotatable bonds is 9. The van der Waals surface area contributed by atoms with Crippen LogP contribution in [0.2, 0.25) is 0 Å². The van der Waals surface area contributed by atoms with Crippen LogP contribution < -0.4 is 5.32 Å². The van der Waals surface area contributed by atoms with Crippen LogP contribution in [0.15, 0.2) is 24.3 Å². The van der Waals surface area contributed by atoms with Gasteiger partial charge in [-0.1, -0.05) is 38.8 Å². The van der Waals surface area contributed by atoms with Crippen LogP contribution in [0.4, 0.5) is 0 Å². The van der Waals surface area contributed by atoms with Crippen molar-refractivity contribution in [3.8, 4) is 0 Å². The second-order valence-electron chi connectivity index (χ2n) is 5.59. The second kappa shape index (κ2) is 9.16. The number of carboxylic acids is 1. The van der Waals surface area contributed by atoms with Crippen molar-refractivity contribution < 1.29 is 14.7 Å². The van der Waals surface area contributed by atoms with E-state index in [1.165, 1.54) is 5.56 Å². The molecule has 0 bridgehead atoms. The number of hydrogen-bond acceptors (Lipinski definition) is 2. The van der Waals surface area contributed by atoms with Gasteiger partial charge in [-0.05, 0) is 36.5 Å². The molecule has 1 rings (SSSR count). The van der Waals surface area contributed by atoms with Crippen molar-refractivity contribution in [2.75, 3.05) is 6.54 Å². The molecular formula is C17H25NO3. The van der Waals surface area contributed by atoms with Gasteiger partial charge in [0.05, 0.1) is 0 Å². The molecule has 0 aliphatic carbocycles. The number of carbonyl (C=O) groups excluding carboxylic acids is 1. The molecule has 1 aromatic rings. The summed E-state index contributed by atoms with van der Waals surface area (Å²) in [5.74, 6) is -0.322. The molecule has 2 N–H and O–H groups in total. The van der Waals surface area contributed by atoms with Gasteiger partial charge in [-0.2, -0.15) is 0 Å². The molecule has 0 atom stereocenters. The van der Waals surface area contributed by atoms with Crippen molar-refractivity contribution in [1.82, 2.24) is 5.32 Å². The fourth-order valence-corrected chi connectivity index (χ4v) is 2.08. The molecule has 0 heterocycles. The van der Waals surface area contributed by atoms with Gasteiger partial charge in [-0.25, -0.2) is 0 Å². The van der Waals surface area contributed by atoms with E-state index in [-0.39, 0.29) is 12.3 Å². The summed E-state index contributed by atoms with van der Waals surface area (Å²) in [6, 6.07) is 7.70. The van der Waals surface area contributed by atoms with Gasteiger partial charge in [-0.15, -0.1) is 0 Å². The first-order chi connectivity index (χ1) is 10.0. The van der Waals surface area contributed by atoms with E-state index in [9.17, 15) is 9.59 Å². The molecule has 1 aromatic carbocycles. The minimum atomic E-state index is -0.742. The van der Waals surface area contributed by atoms with E-state index < -0.39 is 5.97 Å². The zero-order valence-electron chi connectivity index (χ0n) is 12.9. The first-order valence-electron chi connectivity index (χ1n) is 7.60. The molecule has 0 fully saturated rings. The topological polar surface area (TPSA) is 66.4 Å². The van der Waals surface area contributed by atoms with E-state index in [4.69, 9.17) is 5.11 Å². The Balaban J connectivity index is 2.20. The molecule has 116 valence electrons. The largest absolute Gasteiger partial charge is 0.481 e. The van der Waals surface area contributed by atoms with Crippen LogP contribution in [0.5, 0.6) is 0 Å². The van der Waals surface area contributed by atoms with Crippen LogP contribution in [0.25, 0.3) is 0 Å². The molecule has 1 amide bonds. The molecule has 0 aliphatic heterocycles. The average molecular weight is 291 g/mol. The lowest BCUT2D eigenvalue weighted by Gasteiger charge is -2.08. The number of aliphatic carboxylic acids is 1. The van der Waals surface area contributed by atoms with Gasteiger partial charge < -0.3 is 10.4 Å². The Labute approximate surface area is 126 Å². The molecule has 0 aliphatic rings. The normalized spacial score (nSPS) is 10.6. The van der Waals surface area contributed by atoms with E-state index >= 15 is 0 Å². The molecule has 0 radical (unpaired) electrons. The van der Waals surface area contributed by atoms with E-state index in [2.05, 4.69) is 19.2 Å².